The minimum atomic E-state index is -0.949. The summed E-state index contributed by atoms with van der Waals surface area (Å²) < 4.78 is 0. The van der Waals surface area contributed by atoms with E-state index < -0.39 is 12.0 Å². The van der Waals surface area contributed by atoms with E-state index in [1.54, 1.807) is 0 Å². The summed E-state index contributed by atoms with van der Waals surface area (Å²) in [6.45, 7) is 0. The number of nitriles is 1. The number of carbonyl (C=O) groups is 1. The van der Waals surface area contributed by atoms with E-state index >= 15 is 0 Å². The van der Waals surface area contributed by atoms with Gasteiger partial charge in [-0.3, -0.25) is 4.79 Å². The summed E-state index contributed by atoms with van der Waals surface area (Å²) in [5.74, 6) is -0.949. The summed E-state index contributed by atoms with van der Waals surface area (Å²) >= 11 is 0. The van der Waals surface area contributed by atoms with Crippen LogP contribution in [0.15, 0.2) is 0 Å². The molecular formula is C8H14N2O2. The number of nitrogens with two attached hydrogens (primary N) is 1. The second kappa shape index (κ2) is 6.62. The molecule has 1 atom stereocenters. The highest BCUT2D eigenvalue weighted by atomic mass is 16.4. The number of nitrogens with zero attached hydrogens (tertiary/aromatic N) is 1. The van der Waals surface area contributed by atoms with Crippen molar-refractivity contribution in [3.8, 4) is 6.07 Å². The van der Waals surface area contributed by atoms with E-state index in [1.165, 1.54) is 0 Å². The third-order valence-electron chi connectivity index (χ3n) is 1.62. The van der Waals surface area contributed by atoms with Crippen molar-refractivity contribution in [1.82, 2.24) is 0 Å². The molecule has 0 amide bonds. The Morgan fingerprint density at radius 3 is 2.67 bits per heavy atom. The molecule has 0 aromatic carbocycles. The van der Waals surface area contributed by atoms with E-state index in [9.17, 15) is 4.79 Å². The van der Waals surface area contributed by atoms with Gasteiger partial charge in [0.15, 0.2) is 0 Å². The van der Waals surface area contributed by atoms with Gasteiger partial charge < -0.3 is 10.8 Å². The Hall–Kier alpha value is -1.08. The molecule has 0 aromatic heterocycles. The van der Waals surface area contributed by atoms with Gasteiger partial charge >= 0.3 is 5.97 Å². The third kappa shape index (κ3) is 5.69. The van der Waals surface area contributed by atoms with E-state index in [0.717, 1.165) is 19.3 Å². The average molecular weight is 170 g/mol. The van der Waals surface area contributed by atoms with E-state index in [1.807, 2.05) is 6.07 Å². The van der Waals surface area contributed by atoms with Crippen molar-refractivity contribution in [2.45, 2.75) is 38.1 Å². The molecule has 0 aromatic rings. The Morgan fingerprint density at radius 1 is 1.50 bits per heavy atom. The predicted octanol–water partition coefficient (Wildman–Crippen LogP) is 0.872. The van der Waals surface area contributed by atoms with Crippen LogP contribution in [0.4, 0.5) is 0 Å². The normalized spacial score (nSPS) is 12.0. The average Bonchev–Trinajstić information content (AvgIpc) is 2.03. The first-order chi connectivity index (χ1) is 5.68. The summed E-state index contributed by atoms with van der Waals surface area (Å²) in [6, 6.07) is 1.29. The molecule has 68 valence electrons. The molecule has 0 bridgehead atoms. The number of carboxylic acids is 1. The van der Waals surface area contributed by atoms with Gasteiger partial charge in [0.05, 0.1) is 6.07 Å². The maximum atomic E-state index is 10.2. The lowest BCUT2D eigenvalue weighted by Crippen LogP contribution is -2.29. The van der Waals surface area contributed by atoms with Gasteiger partial charge in [-0.25, -0.2) is 0 Å². The van der Waals surface area contributed by atoms with Crippen LogP contribution in [0.1, 0.15) is 32.1 Å². The van der Waals surface area contributed by atoms with Gasteiger partial charge in [-0.1, -0.05) is 12.8 Å². The summed E-state index contributed by atoms with van der Waals surface area (Å²) in [5.41, 5.74) is 5.27. The van der Waals surface area contributed by atoms with Crippen molar-refractivity contribution in [3.05, 3.63) is 0 Å². The quantitative estimate of drug-likeness (QED) is 0.579. The van der Waals surface area contributed by atoms with Gasteiger partial charge in [-0.15, -0.1) is 0 Å². The number of unbranched alkanes of at least 4 members (excludes halogenated alkanes) is 3. The number of hydrogen-bond acceptors (Lipinski definition) is 3. The maximum Gasteiger partial charge on any atom is 0.320 e. The summed E-state index contributed by atoms with van der Waals surface area (Å²) in [4.78, 5) is 10.2. The van der Waals surface area contributed by atoms with Crippen LogP contribution in [-0.4, -0.2) is 17.1 Å². The minimum Gasteiger partial charge on any atom is -0.480 e. The van der Waals surface area contributed by atoms with E-state index in [-0.39, 0.29) is 0 Å². The SMILES string of the molecule is N#CCCCCC[C@H](N)C(=O)O. The Kier molecular flexibility index (Phi) is 6.02. The van der Waals surface area contributed by atoms with Gasteiger partial charge in [-0.05, 0) is 12.8 Å². The highest BCUT2D eigenvalue weighted by Gasteiger charge is 2.09. The summed E-state index contributed by atoms with van der Waals surface area (Å²) in [5, 5.41) is 16.6. The molecule has 12 heavy (non-hydrogen) atoms. The Labute approximate surface area is 72.0 Å². The van der Waals surface area contributed by atoms with Crippen molar-refractivity contribution >= 4 is 5.97 Å². The fourth-order valence-corrected chi connectivity index (χ4v) is 0.869. The van der Waals surface area contributed by atoms with Gasteiger partial charge in [0.25, 0.3) is 0 Å². The fourth-order valence-electron chi connectivity index (χ4n) is 0.869. The molecule has 0 aliphatic carbocycles. The number of aliphatic carboxylic acids is 1. The molecule has 0 radical (unpaired) electrons. The monoisotopic (exact) mass is 170 g/mol. The highest BCUT2D eigenvalue weighted by Crippen LogP contribution is 2.04. The molecule has 0 heterocycles. The van der Waals surface area contributed by atoms with Gasteiger partial charge in [0.2, 0.25) is 0 Å². The molecule has 0 aliphatic heterocycles. The molecule has 0 spiro atoms. The second-order valence-electron chi connectivity index (χ2n) is 2.70. The van der Waals surface area contributed by atoms with Crippen LogP contribution < -0.4 is 5.73 Å². The van der Waals surface area contributed by atoms with Gasteiger partial charge in [0, 0.05) is 6.42 Å². The molecule has 0 rings (SSSR count). The first-order valence-corrected chi connectivity index (χ1v) is 4.04. The molecule has 4 heteroatoms. The number of rotatable bonds is 6. The largest absolute Gasteiger partial charge is 0.480 e. The maximum absolute atomic E-state index is 10.2. The van der Waals surface area contributed by atoms with Crippen LogP contribution in [0.3, 0.4) is 0 Å². The van der Waals surface area contributed by atoms with Crippen molar-refractivity contribution in [1.29, 1.82) is 5.26 Å². The fraction of sp³-hybridized carbons (Fsp3) is 0.750. The Bertz CT molecular complexity index is 174. The van der Waals surface area contributed by atoms with Crippen molar-refractivity contribution in [3.63, 3.8) is 0 Å². The predicted molar refractivity (Wildman–Crippen MR) is 44.3 cm³/mol. The van der Waals surface area contributed by atoms with E-state index in [4.69, 9.17) is 16.1 Å². The molecule has 0 saturated heterocycles. The molecule has 0 aliphatic rings. The minimum absolute atomic E-state index is 0.501. The number of hydrogen-bond donors (Lipinski definition) is 2. The zero-order chi connectivity index (χ0) is 9.40. The van der Waals surface area contributed by atoms with Crippen LogP contribution in [0.25, 0.3) is 0 Å². The number of carboxylic acid groups (broad SMARTS) is 1. The second-order valence-corrected chi connectivity index (χ2v) is 2.70. The molecule has 0 fully saturated rings. The van der Waals surface area contributed by atoms with Crippen LogP contribution in [0.5, 0.6) is 0 Å². The van der Waals surface area contributed by atoms with Crippen molar-refractivity contribution in [2.75, 3.05) is 0 Å². The first-order valence-electron chi connectivity index (χ1n) is 4.04. The molecule has 0 saturated carbocycles. The van der Waals surface area contributed by atoms with E-state index in [2.05, 4.69) is 0 Å². The van der Waals surface area contributed by atoms with Crippen LogP contribution in [-0.2, 0) is 4.79 Å². The Balaban J connectivity index is 3.21. The zero-order valence-electron chi connectivity index (χ0n) is 6.99. The molecular weight excluding hydrogens is 156 g/mol. The van der Waals surface area contributed by atoms with Crippen LogP contribution in [0, 0.1) is 11.3 Å². The molecule has 0 unspecified atom stereocenters. The summed E-state index contributed by atoms with van der Waals surface area (Å²) in [7, 11) is 0. The third-order valence-corrected chi connectivity index (χ3v) is 1.62. The lowest BCUT2D eigenvalue weighted by molar-refractivity contribution is -0.138. The smallest absolute Gasteiger partial charge is 0.320 e. The van der Waals surface area contributed by atoms with Crippen LogP contribution in [0.2, 0.25) is 0 Å². The molecule has 3 N–H and O–H groups in total. The van der Waals surface area contributed by atoms with Crippen LogP contribution >= 0.6 is 0 Å². The lowest BCUT2D eigenvalue weighted by Gasteiger charge is -2.04. The topological polar surface area (TPSA) is 87.1 Å². The summed E-state index contributed by atoms with van der Waals surface area (Å²) in [6.07, 6.45) is 3.55. The zero-order valence-corrected chi connectivity index (χ0v) is 6.99. The van der Waals surface area contributed by atoms with E-state index in [0.29, 0.717) is 12.8 Å². The highest BCUT2D eigenvalue weighted by molar-refractivity contribution is 5.72. The van der Waals surface area contributed by atoms with Gasteiger partial charge in [-0.2, -0.15) is 5.26 Å². The first kappa shape index (κ1) is 10.9. The lowest BCUT2D eigenvalue weighted by atomic mass is 10.1. The van der Waals surface area contributed by atoms with Crippen molar-refractivity contribution < 1.29 is 9.90 Å². The standard InChI is InChI=1S/C8H14N2O2/c9-6-4-2-1-3-5-7(10)8(11)12/h7H,1-5,10H2,(H,11,12)/t7-/m0/s1. The van der Waals surface area contributed by atoms with Crippen molar-refractivity contribution in [2.24, 2.45) is 5.73 Å². The van der Waals surface area contributed by atoms with Gasteiger partial charge in [0.1, 0.15) is 6.04 Å². The Morgan fingerprint density at radius 2 is 2.17 bits per heavy atom. The molecule has 4 nitrogen and oxygen atoms in total.